The van der Waals surface area contributed by atoms with Crippen LogP contribution >= 0.6 is 0 Å². The summed E-state index contributed by atoms with van der Waals surface area (Å²) in [6.45, 7) is 12.4. The molecular formula is C38H71N7O6. The number of fused-ring (bicyclic) bond motifs is 1. The lowest BCUT2D eigenvalue weighted by molar-refractivity contribution is -0.0557. The minimum Gasteiger partial charge on any atom is -0.355 e. The monoisotopic (exact) mass is 722 g/mol. The molecule has 0 spiro atoms. The third-order valence-corrected chi connectivity index (χ3v) is 9.04. The van der Waals surface area contributed by atoms with Crippen molar-refractivity contribution in [1.82, 2.24) is 34.6 Å². The van der Waals surface area contributed by atoms with Crippen LogP contribution in [0.1, 0.15) is 153 Å². The van der Waals surface area contributed by atoms with E-state index in [1.807, 2.05) is 0 Å². The summed E-state index contributed by atoms with van der Waals surface area (Å²) >= 11 is 0. The highest BCUT2D eigenvalue weighted by molar-refractivity contribution is 5.97. The molecule has 2 rings (SSSR count). The molecule has 51 heavy (non-hydrogen) atoms. The number of unbranched alkanes of at least 4 members (excludes halogenated alkanes) is 15. The molecule has 1 N–H and O–H groups in total. The first-order valence-corrected chi connectivity index (χ1v) is 20.2. The van der Waals surface area contributed by atoms with Crippen LogP contribution in [0.3, 0.4) is 0 Å². The maximum absolute atomic E-state index is 12.6. The Bertz CT molecular complexity index is 1150. The normalized spacial score (nSPS) is 11.7. The number of ether oxygens (including phenoxy) is 4. The Morgan fingerprint density at radius 2 is 1.12 bits per heavy atom. The van der Waals surface area contributed by atoms with Crippen LogP contribution in [-0.4, -0.2) is 101 Å². The Balaban J connectivity index is 1.57. The van der Waals surface area contributed by atoms with E-state index in [0.29, 0.717) is 20.1 Å². The van der Waals surface area contributed by atoms with Gasteiger partial charge < -0.3 is 29.2 Å². The van der Waals surface area contributed by atoms with E-state index < -0.39 is 0 Å². The second kappa shape index (κ2) is 31.1. The molecule has 0 bridgehead atoms. The van der Waals surface area contributed by atoms with Crippen molar-refractivity contribution in [2.24, 2.45) is 7.05 Å². The van der Waals surface area contributed by atoms with Crippen molar-refractivity contribution in [1.29, 1.82) is 0 Å². The van der Waals surface area contributed by atoms with Crippen LogP contribution in [0.5, 0.6) is 0 Å². The standard InChI is InChI=1S/C38H71N7O6/c1-4-6-8-20-28-48-33-50-30-22-14-12-18-26-44(27-19-13-15-23-31-51-34-49-29-21-9-7-5-2)25-17-11-10-16-24-39-37(46)35-36-41-42-43(3)38(47)45(36)32-40-35/h32H,4-31,33-34H2,1-3H3,(H,39,46). The Labute approximate surface area is 307 Å². The van der Waals surface area contributed by atoms with Crippen molar-refractivity contribution < 1.29 is 23.7 Å². The highest BCUT2D eigenvalue weighted by atomic mass is 16.7. The first-order chi connectivity index (χ1) is 25.1. The Kier molecular flexibility index (Phi) is 27.3. The average molecular weight is 722 g/mol. The second-order valence-electron chi connectivity index (χ2n) is 13.6. The van der Waals surface area contributed by atoms with Gasteiger partial charge in [0.1, 0.15) is 19.9 Å². The zero-order valence-corrected chi connectivity index (χ0v) is 32.4. The molecule has 0 aliphatic rings. The first kappa shape index (κ1) is 44.7. The molecule has 13 heteroatoms. The van der Waals surface area contributed by atoms with E-state index in [2.05, 4.69) is 39.4 Å². The first-order valence-electron chi connectivity index (χ1n) is 20.2. The molecule has 2 aromatic heterocycles. The summed E-state index contributed by atoms with van der Waals surface area (Å²) in [5.41, 5.74) is -0.0900. The number of carbonyl (C=O) groups excluding carboxylic acids is 1. The topological polar surface area (TPSA) is 134 Å². The van der Waals surface area contributed by atoms with Crippen molar-refractivity contribution in [2.75, 3.05) is 66.2 Å². The fraction of sp³-hybridized carbons (Fsp3) is 0.868. The number of hydrogen-bond donors (Lipinski definition) is 1. The van der Waals surface area contributed by atoms with Crippen LogP contribution in [0.25, 0.3) is 5.65 Å². The van der Waals surface area contributed by atoms with Gasteiger partial charge in [0.05, 0.1) is 0 Å². The van der Waals surface area contributed by atoms with Gasteiger partial charge in [-0.1, -0.05) is 96.1 Å². The predicted octanol–water partition coefficient (Wildman–Crippen LogP) is 6.68. The van der Waals surface area contributed by atoms with Crippen molar-refractivity contribution in [3.8, 4) is 0 Å². The van der Waals surface area contributed by atoms with Gasteiger partial charge in [-0.2, -0.15) is 4.68 Å². The van der Waals surface area contributed by atoms with Gasteiger partial charge in [0.25, 0.3) is 5.91 Å². The summed E-state index contributed by atoms with van der Waals surface area (Å²) in [6, 6.07) is 0. The van der Waals surface area contributed by atoms with Crippen LogP contribution < -0.4 is 11.0 Å². The van der Waals surface area contributed by atoms with Gasteiger partial charge in [-0.05, 0) is 71.0 Å². The number of nitrogens with one attached hydrogen (secondary N) is 1. The summed E-state index contributed by atoms with van der Waals surface area (Å²) < 4.78 is 24.8. The molecule has 0 unspecified atom stereocenters. The van der Waals surface area contributed by atoms with Gasteiger partial charge >= 0.3 is 5.69 Å². The lowest BCUT2D eigenvalue weighted by Crippen LogP contribution is -2.29. The zero-order valence-electron chi connectivity index (χ0n) is 32.4. The number of imidazole rings is 1. The molecule has 0 atom stereocenters. The van der Waals surface area contributed by atoms with Crippen molar-refractivity contribution in [3.63, 3.8) is 0 Å². The number of hydrogen-bond acceptors (Lipinski definition) is 10. The maximum atomic E-state index is 12.6. The molecule has 2 heterocycles. The molecule has 13 nitrogen and oxygen atoms in total. The SMILES string of the molecule is CCCCCCOCOCCCCCCN(CCCCCCNC(=O)c1ncn2c(=O)n(C)nnc12)CCCCCCOCOCCCCCC. The molecule has 0 saturated carbocycles. The molecular weight excluding hydrogens is 650 g/mol. The van der Waals surface area contributed by atoms with Crippen LogP contribution in [0.2, 0.25) is 0 Å². The highest BCUT2D eigenvalue weighted by Gasteiger charge is 2.16. The van der Waals surface area contributed by atoms with Crippen molar-refractivity contribution in [3.05, 3.63) is 22.5 Å². The number of rotatable bonds is 36. The fourth-order valence-corrected chi connectivity index (χ4v) is 5.88. The minimum absolute atomic E-state index is 0.125. The number of nitrogens with zero attached hydrogens (tertiary/aromatic N) is 6. The van der Waals surface area contributed by atoms with E-state index in [-0.39, 0.29) is 22.9 Å². The summed E-state index contributed by atoms with van der Waals surface area (Å²) in [4.78, 5) is 31.5. The molecule has 0 aromatic carbocycles. The Morgan fingerprint density at radius 1 is 0.667 bits per heavy atom. The number of amides is 1. The Hall–Kier alpha value is -2.45. The molecule has 294 valence electrons. The predicted molar refractivity (Wildman–Crippen MR) is 202 cm³/mol. The van der Waals surface area contributed by atoms with Crippen molar-refractivity contribution in [2.45, 2.75) is 142 Å². The van der Waals surface area contributed by atoms with Gasteiger partial charge in [0, 0.05) is 40.0 Å². The van der Waals surface area contributed by atoms with E-state index >= 15 is 0 Å². The van der Waals surface area contributed by atoms with Gasteiger partial charge in [-0.3, -0.25) is 4.79 Å². The highest BCUT2D eigenvalue weighted by Crippen LogP contribution is 2.10. The van der Waals surface area contributed by atoms with E-state index in [0.717, 1.165) is 102 Å². The molecule has 1 amide bonds. The Morgan fingerprint density at radius 3 is 1.61 bits per heavy atom. The quantitative estimate of drug-likeness (QED) is 0.0600. The van der Waals surface area contributed by atoms with E-state index in [4.69, 9.17) is 18.9 Å². The largest absolute Gasteiger partial charge is 0.355 e. The fourth-order valence-electron chi connectivity index (χ4n) is 5.88. The minimum atomic E-state index is -0.390. The molecule has 0 radical (unpaired) electrons. The maximum Gasteiger partial charge on any atom is 0.352 e. The third kappa shape index (κ3) is 21.6. The molecule has 0 aliphatic heterocycles. The van der Waals surface area contributed by atoms with E-state index in [1.54, 1.807) is 0 Å². The van der Waals surface area contributed by atoms with Crippen LogP contribution in [0.4, 0.5) is 0 Å². The number of aryl methyl sites for hydroxylation is 1. The van der Waals surface area contributed by atoms with E-state index in [9.17, 15) is 9.59 Å². The van der Waals surface area contributed by atoms with Gasteiger partial charge in [-0.15, -0.1) is 5.10 Å². The van der Waals surface area contributed by atoms with Gasteiger partial charge in [-0.25, -0.2) is 14.2 Å². The molecule has 2 aromatic rings. The summed E-state index contributed by atoms with van der Waals surface area (Å²) in [7, 11) is 1.51. The lowest BCUT2D eigenvalue weighted by Gasteiger charge is -2.22. The second-order valence-corrected chi connectivity index (χ2v) is 13.6. The zero-order chi connectivity index (χ0) is 36.6. The van der Waals surface area contributed by atoms with Crippen LogP contribution in [0.15, 0.2) is 11.1 Å². The van der Waals surface area contributed by atoms with E-state index in [1.165, 1.54) is 94.8 Å². The third-order valence-electron chi connectivity index (χ3n) is 9.04. The van der Waals surface area contributed by atoms with Gasteiger partial charge in [0.2, 0.25) is 0 Å². The summed E-state index contributed by atoms with van der Waals surface area (Å²) in [5.74, 6) is -0.332. The lowest BCUT2D eigenvalue weighted by atomic mass is 10.1. The number of aromatic nitrogens is 5. The summed E-state index contributed by atoms with van der Waals surface area (Å²) in [5, 5.41) is 10.6. The number of carbonyl (C=O) groups is 1. The summed E-state index contributed by atoms with van der Waals surface area (Å²) in [6.07, 6.45) is 24.8. The van der Waals surface area contributed by atoms with Crippen molar-refractivity contribution >= 4 is 11.6 Å². The molecule has 0 aliphatic carbocycles. The molecule has 0 fully saturated rings. The smallest absolute Gasteiger partial charge is 0.352 e. The van der Waals surface area contributed by atoms with Crippen LogP contribution in [0, 0.1) is 0 Å². The van der Waals surface area contributed by atoms with Crippen LogP contribution in [-0.2, 0) is 26.0 Å². The average Bonchev–Trinajstić information content (AvgIpc) is 3.58. The molecule has 0 saturated heterocycles. The van der Waals surface area contributed by atoms with Gasteiger partial charge in [0.15, 0.2) is 11.3 Å².